The number of carbonyl (C=O) groups excluding carboxylic acids is 2. The first-order valence-corrected chi connectivity index (χ1v) is 11.0. The summed E-state index contributed by atoms with van der Waals surface area (Å²) < 4.78 is 7.62. The van der Waals surface area contributed by atoms with Crippen molar-refractivity contribution in [3.05, 3.63) is 83.2 Å². The zero-order chi connectivity index (χ0) is 23.6. The van der Waals surface area contributed by atoms with Gasteiger partial charge in [-0.2, -0.15) is 5.10 Å². The summed E-state index contributed by atoms with van der Waals surface area (Å²) in [5, 5.41) is 6.79. The van der Waals surface area contributed by atoms with E-state index in [0.29, 0.717) is 13.2 Å². The van der Waals surface area contributed by atoms with Crippen LogP contribution in [0, 0.1) is 13.8 Å². The van der Waals surface area contributed by atoms with E-state index in [-0.39, 0.29) is 12.3 Å². The quantitative estimate of drug-likeness (QED) is 0.283. The number of hydrogen-bond acceptors (Lipinski definition) is 4. The molecular weight excluding hydrogens is 416 g/mol. The molecule has 7 nitrogen and oxygen atoms in total. The Labute approximate surface area is 194 Å². The fraction of sp³-hybridized carbons (Fsp3) is 0.269. The normalized spacial score (nSPS) is 10.9. The predicted octanol–water partition coefficient (Wildman–Crippen LogP) is 3.69. The van der Waals surface area contributed by atoms with E-state index in [1.807, 2.05) is 81.4 Å². The number of carbonyl (C=O) groups is 2. The predicted molar refractivity (Wildman–Crippen MR) is 130 cm³/mol. The minimum absolute atomic E-state index is 0.267. The van der Waals surface area contributed by atoms with Crippen molar-refractivity contribution < 1.29 is 14.3 Å². The molecule has 0 aliphatic heterocycles. The van der Waals surface area contributed by atoms with Crippen molar-refractivity contribution in [2.75, 3.05) is 13.2 Å². The molecule has 0 spiro atoms. The molecule has 0 saturated carbocycles. The molecule has 1 aromatic heterocycles. The fourth-order valence-electron chi connectivity index (χ4n) is 3.59. The molecule has 2 amide bonds. The second-order valence-corrected chi connectivity index (χ2v) is 7.64. The first-order valence-electron chi connectivity index (χ1n) is 11.0. The highest BCUT2D eigenvalue weighted by Gasteiger charge is 2.11. The van der Waals surface area contributed by atoms with Gasteiger partial charge in [0.15, 0.2) is 0 Å². The maximum absolute atomic E-state index is 12.0. The maximum Gasteiger partial charge on any atom is 0.249 e. The van der Waals surface area contributed by atoms with Crippen LogP contribution in [0.1, 0.15) is 35.9 Å². The molecule has 3 rings (SSSR count). The average molecular weight is 447 g/mol. The lowest BCUT2D eigenvalue weighted by atomic mass is 10.1. The zero-order valence-electron chi connectivity index (χ0n) is 19.3. The standard InChI is InChI=1S/C26H30N4O3/c1-4-33-24-12-10-23(11-13-24)30-19(2)16-22(20(30)3)18-28-29-26(32)17-25(31)27-15-14-21-8-6-5-7-9-21/h5-13,16,18H,4,14-15,17H2,1-3H3,(H,27,31)(H,29,32)/b28-18+. The van der Waals surface area contributed by atoms with Gasteiger partial charge in [-0.1, -0.05) is 30.3 Å². The second-order valence-electron chi connectivity index (χ2n) is 7.64. The van der Waals surface area contributed by atoms with Gasteiger partial charge in [-0.3, -0.25) is 9.59 Å². The Balaban J connectivity index is 1.51. The summed E-state index contributed by atoms with van der Waals surface area (Å²) in [4.78, 5) is 24.0. The van der Waals surface area contributed by atoms with Crippen LogP contribution in [-0.4, -0.2) is 35.7 Å². The number of hydrazone groups is 1. The van der Waals surface area contributed by atoms with Crippen molar-refractivity contribution in [2.24, 2.45) is 5.10 Å². The van der Waals surface area contributed by atoms with Crippen molar-refractivity contribution in [1.82, 2.24) is 15.3 Å². The first kappa shape index (κ1) is 23.8. The number of nitrogens with zero attached hydrogens (tertiary/aromatic N) is 2. The van der Waals surface area contributed by atoms with Gasteiger partial charge in [0.2, 0.25) is 11.8 Å². The van der Waals surface area contributed by atoms with E-state index in [1.54, 1.807) is 6.21 Å². The Bertz CT molecular complexity index is 1100. The summed E-state index contributed by atoms with van der Waals surface area (Å²) in [6.45, 7) is 7.07. The highest BCUT2D eigenvalue weighted by Crippen LogP contribution is 2.22. The van der Waals surface area contributed by atoms with Crippen LogP contribution in [0.15, 0.2) is 65.8 Å². The molecule has 1 heterocycles. The molecular formula is C26H30N4O3. The number of benzene rings is 2. The Kier molecular flexibility index (Phi) is 8.41. The lowest BCUT2D eigenvalue weighted by Crippen LogP contribution is -2.31. The van der Waals surface area contributed by atoms with Crippen molar-refractivity contribution in [3.63, 3.8) is 0 Å². The van der Waals surface area contributed by atoms with E-state index >= 15 is 0 Å². The van der Waals surface area contributed by atoms with Gasteiger partial charge in [-0.25, -0.2) is 5.43 Å². The van der Waals surface area contributed by atoms with Crippen LogP contribution in [-0.2, 0) is 16.0 Å². The van der Waals surface area contributed by atoms with E-state index in [0.717, 1.165) is 40.4 Å². The van der Waals surface area contributed by atoms with Gasteiger partial charge in [0.1, 0.15) is 12.2 Å². The van der Waals surface area contributed by atoms with Crippen LogP contribution < -0.4 is 15.5 Å². The second kappa shape index (κ2) is 11.7. The topological polar surface area (TPSA) is 84.7 Å². The lowest BCUT2D eigenvalue weighted by molar-refractivity contribution is -0.129. The van der Waals surface area contributed by atoms with Crippen LogP contribution in [0.5, 0.6) is 5.75 Å². The number of hydrogen-bond donors (Lipinski definition) is 2. The molecule has 0 aliphatic carbocycles. The van der Waals surface area contributed by atoms with Gasteiger partial charge >= 0.3 is 0 Å². The van der Waals surface area contributed by atoms with E-state index in [2.05, 4.69) is 20.4 Å². The Morgan fingerprint density at radius 1 is 1.03 bits per heavy atom. The summed E-state index contributed by atoms with van der Waals surface area (Å²) in [5.74, 6) is 0.0494. The smallest absolute Gasteiger partial charge is 0.249 e. The number of ether oxygens (including phenoxy) is 1. The van der Waals surface area contributed by atoms with Crippen molar-refractivity contribution in [3.8, 4) is 11.4 Å². The van der Waals surface area contributed by atoms with E-state index in [4.69, 9.17) is 4.74 Å². The van der Waals surface area contributed by atoms with Gasteiger partial charge in [0.05, 0.1) is 12.8 Å². The third-order valence-electron chi connectivity index (χ3n) is 5.17. The van der Waals surface area contributed by atoms with Crippen molar-refractivity contribution in [1.29, 1.82) is 0 Å². The molecule has 2 aromatic carbocycles. The Morgan fingerprint density at radius 3 is 2.45 bits per heavy atom. The Hall–Kier alpha value is -3.87. The lowest BCUT2D eigenvalue weighted by Gasteiger charge is -2.10. The first-order chi connectivity index (χ1) is 16.0. The van der Waals surface area contributed by atoms with Crippen LogP contribution in [0.3, 0.4) is 0 Å². The molecule has 2 N–H and O–H groups in total. The summed E-state index contributed by atoms with van der Waals surface area (Å²) in [6.07, 6.45) is 2.05. The van der Waals surface area contributed by atoms with Gasteiger partial charge in [0, 0.05) is 29.2 Å². The molecule has 0 unspecified atom stereocenters. The molecule has 0 aliphatic rings. The molecule has 7 heteroatoms. The maximum atomic E-state index is 12.0. The largest absolute Gasteiger partial charge is 0.494 e. The van der Waals surface area contributed by atoms with Crippen LogP contribution in [0.4, 0.5) is 0 Å². The third kappa shape index (κ3) is 6.80. The molecule has 0 saturated heterocycles. The van der Waals surface area contributed by atoms with E-state index in [1.165, 1.54) is 0 Å². The third-order valence-corrected chi connectivity index (χ3v) is 5.17. The molecule has 0 radical (unpaired) electrons. The summed E-state index contributed by atoms with van der Waals surface area (Å²) >= 11 is 0. The van der Waals surface area contributed by atoms with Crippen LogP contribution >= 0.6 is 0 Å². The molecule has 3 aromatic rings. The van der Waals surface area contributed by atoms with E-state index in [9.17, 15) is 9.59 Å². The van der Waals surface area contributed by atoms with Gasteiger partial charge in [-0.15, -0.1) is 0 Å². The van der Waals surface area contributed by atoms with Crippen molar-refractivity contribution in [2.45, 2.75) is 33.6 Å². The van der Waals surface area contributed by atoms with Crippen LogP contribution in [0.25, 0.3) is 5.69 Å². The minimum atomic E-state index is -0.455. The average Bonchev–Trinajstić information content (AvgIpc) is 3.08. The van der Waals surface area contributed by atoms with E-state index < -0.39 is 5.91 Å². The monoisotopic (exact) mass is 446 g/mol. The fourth-order valence-corrected chi connectivity index (χ4v) is 3.59. The zero-order valence-corrected chi connectivity index (χ0v) is 19.3. The van der Waals surface area contributed by atoms with Crippen molar-refractivity contribution >= 4 is 18.0 Å². The SMILES string of the molecule is CCOc1ccc(-n2c(C)cc(/C=N/NC(=O)CC(=O)NCCc3ccccc3)c2C)cc1. The highest BCUT2D eigenvalue weighted by molar-refractivity contribution is 5.97. The molecule has 0 atom stereocenters. The number of amides is 2. The van der Waals surface area contributed by atoms with Gasteiger partial charge in [0.25, 0.3) is 0 Å². The van der Waals surface area contributed by atoms with Gasteiger partial charge < -0.3 is 14.6 Å². The highest BCUT2D eigenvalue weighted by atomic mass is 16.5. The molecule has 0 bridgehead atoms. The summed E-state index contributed by atoms with van der Waals surface area (Å²) in [7, 11) is 0. The number of nitrogens with one attached hydrogen (secondary N) is 2. The molecule has 172 valence electrons. The van der Waals surface area contributed by atoms with Gasteiger partial charge in [-0.05, 0) is 63.1 Å². The number of rotatable bonds is 10. The molecule has 33 heavy (non-hydrogen) atoms. The summed E-state index contributed by atoms with van der Waals surface area (Å²) in [6, 6.07) is 19.8. The van der Waals surface area contributed by atoms with Crippen LogP contribution in [0.2, 0.25) is 0 Å². The summed E-state index contributed by atoms with van der Waals surface area (Å²) in [5.41, 5.74) is 7.50. The number of aromatic nitrogens is 1. The Morgan fingerprint density at radius 2 is 1.76 bits per heavy atom. The minimum Gasteiger partial charge on any atom is -0.494 e. The number of aryl methyl sites for hydroxylation is 1. The molecule has 0 fully saturated rings.